The van der Waals surface area contributed by atoms with Gasteiger partial charge in [-0.3, -0.25) is 9.69 Å². The molecule has 0 saturated heterocycles. The molecule has 0 radical (unpaired) electrons. The zero-order chi connectivity index (χ0) is 19.9. The number of carbonyl (C=O) groups excluding carboxylic acids is 1. The van der Waals surface area contributed by atoms with E-state index in [0.717, 1.165) is 5.75 Å². The van der Waals surface area contributed by atoms with Crippen molar-refractivity contribution in [2.24, 2.45) is 0 Å². The maximum absolute atomic E-state index is 12.3. The average Bonchev–Trinajstić information content (AvgIpc) is 2.60. The van der Waals surface area contributed by atoms with Crippen molar-refractivity contribution >= 4 is 21.4 Å². The fourth-order valence-corrected chi connectivity index (χ4v) is 3.83. The van der Waals surface area contributed by atoms with E-state index in [2.05, 4.69) is 5.32 Å². The number of rotatable bonds is 9. The number of anilines is 1. The Balaban J connectivity index is 1.91. The van der Waals surface area contributed by atoms with Crippen LogP contribution in [0.4, 0.5) is 5.69 Å². The highest BCUT2D eigenvalue weighted by Gasteiger charge is 2.19. The van der Waals surface area contributed by atoms with Crippen LogP contribution < -0.4 is 10.1 Å². The summed E-state index contributed by atoms with van der Waals surface area (Å²) in [6.07, 6.45) is 1.20. The lowest BCUT2D eigenvalue weighted by Crippen LogP contribution is -2.42. The third-order valence-corrected chi connectivity index (χ3v) is 5.13. The van der Waals surface area contributed by atoms with Gasteiger partial charge < -0.3 is 10.1 Å². The van der Waals surface area contributed by atoms with Gasteiger partial charge >= 0.3 is 0 Å². The highest BCUT2D eigenvalue weighted by atomic mass is 32.2. The van der Waals surface area contributed by atoms with Crippen LogP contribution in [0.3, 0.4) is 0 Å². The molecule has 0 saturated carbocycles. The van der Waals surface area contributed by atoms with Crippen molar-refractivity contribution in [3.05, 3.63) is 54.6 Å². The summed E-state index contributed by atoms with van der Waals surface area (Å²) < 4.78 is 28.6. The molecule has 0 aromatic heterocycles. The second-order valence-corrected chi connectivity index (χ2v) is 8.68. The molecule has 0 heterocycles. The molecule has 1 unspecified atom stereocenters. The van der Waals surface area contributed by atoms with Gasteiger partial charge in [-0.05, 0) is 49.9 Å². The molecule has 0 aliphatic carbocycles. The Labute approximate surface area is 161 Å². The first-order chi connectivity index (χ1) is 12.8. The predicted octanol–water partition coefficient (Wildman–Crippen LogP) is 3.17. The van der Waals surface area contributed by atoms with Gasteiger partial charge in [-0.25, -0.2) is 8.42 Å². The summed E-state index contributed by atoms with van der Waals surface area (Å²) in [5.74, 6) is 1.26. The van der Waals surface area contributed by atoms with E-state index >= 15 is 0 Å². The monoisotopic (exact) mass is 390 g/mol. The molecule has 1 atom stereocenters. The molecule has 146 valence electrons. The number of amides is 1. The maximum atomic E-state index is 12.3. The van der Waals surface area contributed by atoms with Gasteiger partial charge in [-0.2, -0.15) is 0 Å². The van der Waals surface area contributed by atoms with Crippen molar-refractivity contribution in [2.45, 2.75) is 19.9 Å². The van der Waals surface area contributed by atoms with Gasteiger partial charge in [0.15, 0.2) is 0 Å². The number of carbonyl (C=O) groups is 1. The molecule has 1 N–H and O–H groups in total. The van der Waals surface area contributed by atoms with Gasteiger partial charge in [0.25, 0.3) is 0 Å². The van der Waals surface area contributed by atoms with E-state index in [4.69, 9.17) is 4.74 Å². The fraction of sp³-hybridized carbons (Fsp3) is 0.350. The van der Waals surface area contributed by atoms with Crippen LogP contribution in [0, 0.1) is 0 Å². The molecule has 7 heteroatoms. The third kappa shape index (κ3) is 7.40. The summed E-state index contributed by atoms with van der Waals surface area (Å²) in [6, 6.07) is 16.3. The molecule has 0 aliphatic heterocycles. The SMILES string of the molecule is CCN(CC(=O)Nc1ccc(Oc2ccccc2)cc1)C(C)CS(C)(=O)=O. The number of para-hydroxylation sites is 1. The highest BCUT2D eigenvalue weighted by molar-refractivity contribution is 7.90. The summed E-state index contributed by atoms with van der Waals surface area (Å²) in [7, 11) is -3.09. The summed E-state index contributed by atoms with van der Waals surface area (Å²) in [6.45, 7) is 4.44. The van der Waals surface area contributed by atoms with E-state index in [1.54, 1.807) is 24.3 Å². The van der Waals surface area contributed by atoms with Crippen molar-refractivity contribution < 1.29 is 17.9 Å². The predicted molar refractivity (Wildman–Crippen MR) is 108 cm³/mol. The van der Waals surface area contributed by atoms with Gasteiger partial charge in [-0.15, -0.1) is 0 Å². The quantitative estimate of drug-likeness (QED) is 0.712. The van der Waals surface area contributed by atoms with Crippen molar-refractivity contribution in [1.82, 2.24) is 4.90 Å². The molecular weight excluding hydrogens is 364 g/mol. The summed E-state index contributed by atoms with van der Waals surface area (Å²) in [4.78, 5) is 14.1. The standard InChI is InChI=1S/C20H26N2O4S/c1-4-22(16(2)15-27(3,24)25)14-20(23)21-17-10-12-19(13-11-17)26-18-8-6-5-7-9-18/h5-13,16H,4,14-15H2,1-3H3,(H,21,23). The Hall–Kier alpha value is -2.38. The topological polar surface area (TPSA) is 75.7 Å². The van der Waals surface area contributed by atoms with Crippen LogP contribution in [0.2, 0.25) is 0 Å². The van der Waals surface area contributed by atoms with Crippen LogP contribution in [0.5, 0.6) is 11.5 Å². The van der Waals surface area contributed by atoms with Crippen LogP contribution in [-0.2, 0) is 14.6 Å². The summed E-state index contributed by atoms with van der Waals surface area (Å²) in [5.41, 5.74) is 0.659. The molecule has 0 aliphatic rings. The molecule has 27 heavy (non-hydrogen) atoms. The van der Waals surface area contributed by atoms with Gasteiger partial charge in [0, 0.05) is 18.0 Å². The van der Waals surface area contributed by atoms with Gasteiger partial charge in [0.1, 0.15) is 21.3 Å². The van der Waals surface area contributed by atoms with Crippen molar-refractivity contribution in [3.8, 4) is 11.5 Å². The lowest BCUT2D eigenvalue weighted by molar-refractivity contribution is -0.117. The van der Waals surface area contributed by atoms with E-state index < -0.39 is 9.84 Å². The molecule has 2 aromatic rings. The minimum absolute atomic E-state index is 0.0274. The van der Waals surface area contributed by atoms with Crippen LogP contribution in [0.25, 0.3) is 0 Å². The van der Waals surface area contributed by atoms with E-state index in [0.29, 0.717) is 18.0 Å². The molecule has 0 bridgehead atoms. The lowest BCUT2D eigenvalue weighted by Gasteiger charge is -2.26. The highest BCUT2D eigenvalue weighted by Crippen LogP contribution is 2.22. The smallest absolute Gasteiger partial charge is 0.238 e. The first-order valence-electron chi connectivity index (χ1n) is 8.81. The summed E-state index contributed by atoms with van der Waals surface area (Å²) >= 11 is 0. The number of benzene rings is 2. The zero-order valence-corrected chi connectivity index (χ0v) is 16.7. The molecular formula is C20H26N2O4S. The minimum Gasteiger partial charge on any atom is -0.457 e. The largest absolute Gasteiger partial charge is 0.457 e. The van der Waals surface area contributed by atoms with Crippen molar-refractivity contribution in [2.75, 3.05) is 30.4 Å². The van der Waals surface area contributed by atoms with E-state index in [1.165, 1.54) is 6.26 Å². The fourth-order valence-electron chi connectivity index (χ4n) is 2.74. The normalized spacial score (nSPS) is 12.6. The average molecular weight is 391 g/mol. The van der Waals surface area contributed by atoms with E-state index in [9.17, 15) is 13.2 Å². The van der Waals surface area contributed by atoms with E-state index in [-0.39, 0.29) is 24.2 Å². The van der Waals surface area contributed by atoms with Crippen molar-refractivity contribution in [1.29, 1.82) is 0 Å². The second kappa shape index (κ2) is 9.53. The number of nitrogens with zero attached hydrogens (tertiary/aromatic N) is 1. The second-order valence-electron chi connectivity index (χ2n) is 6.49. The Morgan fingerprint density at radius 2 is 1.67 bits per heavy atom. The van der Waals surface area contributed by atoms with Gasteiger partial charge in [0.2, 0.25) is 5.91 Å². The molecule has 0 spiro atoms. The first-order valence-corrected chi connectivity index (χ1v) is 10.9. The number of nitrogens with one attached hydrogen (secondary N) is 1. The number of hydrogen-bond acceptors (Lipinski definition) is 5. The van der Waals surface area contributed by atoms with Gasteiger partial charge in [0.05, 0.1) is 12.3 Å². The molecule has 0 fully saturated rings. The number of hydrogen-bond donors (Lipinski definition) is 1. The molecule has 1 amide bonds. The Bertz CT molecular complexity index is 836. The van der Waals surface area contributed by atoms with Crippen LogP contribution in [0.15, 0.2) is 54.6 Å². The van der Waals surface area contributed by atoms with Gasteiger partial charge in [-0.1, -0.05) is 25.1 Å². The molecule has 2 aromatic carbocycles. The Morgan fingerprint density at radius 3 is 2.22 bits per heavy atom. The number of sulfone groups is 1. The Kier molecular flexibility index (Phi) is 7.38. The summed E-state index contributed by atoms with van der Waals surface area (Å²) in [5, 5.41) is 2.83. The van der Waals surface area contributed by atoms with E-state index in [1.807, 2.05) is 49.1 Å². The van der Waals surface area contributed by atoms with Crippen LogP contribution >= 0.6 is 0 Å². The number of likely N-dealkylation sites (N-methyl/N-ethyl adjacent to an activating group) is 1. The first kappa shape index (κ1) is 20.9. The molecule has 6 nitrogen and oxygen atoms in total. The minimum atomic E-state index is -3.09. The Morgan fingerprint density at radius 1 is 1.07 bits per heavy atom. The zero-order valence-electron chi connectivity index (χ0n) is 15.9. The third-order valence-electron chi connectivity index (χ3n) is 4.04. The maximum Gasteiger partial charge on any atom is 0.238 e. The van der Waals surface area contributed by atoms with Crippen molar-refractivity contribution in [3.63, 3.8) is 0 Å². The number of ether oxygens (including phenoxy) is 1. The lowest BCUT2D eigenvalue weighted by atomic mass is 10.2. The van der Waals surface area contributed by atoms with Crippen LogP contribution in [-0.4, -0.2) is 50.4 Å². The van der Waals surface area contributed by atoms with Crippen LogP contribution in [0.1, 0.15) is 13.8 Å². The molecule has 2 rings (SSSR count).